The quantitative estimate of drug-likeness (QED) is 0.0584. The molecule has 390 valence electrons. The Morgan fingerprint density at radius 3 is 1.74 bits per heavy atom. The molecule has 0 amide bonds. The Morgan fingerprint density at radius 1 is 0.743 bits per heavy atom. The first-order chi connectivity index (χ1) is 32.2. The minimum Gasteiger partial charge on any atom is -0.550 e. The number of aromatic hydroxyl groups is 1. The van der Waals surface area contributed by atoms with Crippen molar-refractivity contribution >= 4 is 35.8 Å². The van der Waals surface area contributed by atoms with Gasteiger partial charge in [-0.2, -0.15) is 0 Å². The van der Waals surface area contributed by atoms with Gasteiger partial charge in [-0.25, -0.2) is 0 Å². The number of carbonyl (C=O) groups is 6. The molecule has 0 spiro atoms. The monoisotopic (exact) mass is 1030 g/mol. The van der Waals surface area contributed by atoms with E-state index in [2.05, 4.69) is 13.8 Å². The average Bonchev–Trinajstić information content (AvgIpc) is 4.21. The number of carboxylic acid groups (broad SMARTS) is 2. The third kappa shape index (κ3) is 13.7. The van der Waals surface area contributed by atoms with E-state index < -0.39 is 35.0 Å². The van der Waals surface area contributed by atoms with Gasteiger partial charge < -0.3 is 43.8 Å². The molecule has 3 heterocycles. The Bertz CT molecular complexity index is 1930. The van der Waals surface area contributed by atoms with E-state index >= 15 is 0 Å². The van der Waals surface area contributed by atoms with Gasteiger partial charge in [0.2, 0.25) is 0 Å². The summed E-state index contributed by atoms with van der Waals surface area (Å²) in [6.45, 7) is 26.7. The number of hydrogen-bond donors (Lipinski definition) is 2. The number of aliphatic carboxylic acids is 2. The number of phenolic OH excluding ortho intramolecular Hbond substituents is 1. The molecule has 4 aliphatic carbocycles. The zero-order valence-corrected chi connectivity index (χ0v) is 47.8. The van der Waals surface area contributed by atoms with Gasteiger partial charge in [0.25, 0.3) is 0 Å². The van der Waals surface area contributed by atoms with Crippen LogP contribution in [0.3, 0.4) is 0 Å². The van der Waals surface area contributed by atoms with Gasteiger partial charge >= 0.3 is 49.3 Å². The van der Waals surface area contributed by atoms with Crippen LogP contribution in [0, 0.1) is 69.5 Å². The molecule has 4 saturated carbocycles. The molecule has 15 heteroatoms. The maximum absolute atomic E-state index is 12.7. The molecule has 0 aromatic heterocycles. The first-order valence-corrected chi connectivity index (χ1v) is 25.9. The molecule has 3 aliphatic heterocycles. The van der Waals surface area contributed by atoms with E-state index in [0.29, 0.717) is 30.9 Å². The van der Waals surface area contributed by atoms with Crippen LogP contribution < -0.4 is 9.84 Å². The molecule has 14 unspecified atom stereocenters. The van der Waals surface area contributed by atoms with E-state index in [1.165, 1.54) is 37.8 Å². The van der Waals surface area contributed by atoms with Gasteiger partial charge in [0.1, 0.15) is 23.2 Å². The molecular formula is C55H85O14Zn+. The first-order valence-electron chi connectivity index (χ1n) is 25.9. The Labute approximate surface area is 430 Å². The number of hydrogen-bond acceptors (Lipinski definition) is 13. The normalized spacial score (nSPS) is 30.9. The zero-order valence-electron chi connectivity index (χ0n) is 44.8. The molecular weight excluding hydrogens is 950 g/mol. The average molecular weight is 1040 g/mol. The van der Waals surface area contributed by atoms with Gasteiger partial charge in [-0.05, 0) is 178 Å². The van der Waals surface area contributed by atoms with Crippen molar-refractivity contribution in [3.8, 4) is 11.5 Å². The van der Waals surface area contributed by atoms with E-state index in [0.717, 1.165) is 61.7 Å². The molecule has 8 rings (SSSR count). The molecule has 3 saturated heterocycles. The van der Waals surface area contributed by atoms with Crippen LogP contribution in [-0.2, 0) is 67.2 Å². The van der Waals surface area contributed by atoms with Crippen LogP contribution in [-0.4, -0.2) is 76.0 Å². The van der Waals surface area contributed by atoms with Crippen molar-refractivity contribution < 1.29 is 87.2 Å². The number of esters is 4. The number of fused-ring (bicyclic) bond motifs is 10. The summed E-state index contributed by atoms with van der Waals surface area (Å²) in [5, 5.41) is 27.1. The number of phenols is 1. The zero-order chi connectivity index (χ0) is 52.0. The number of carbonyl (C=O) groups excluding carboxylic acids is 5. The SMILES string of the molecule is CCC(C)(C)C(=O)OC1(CC)CC2CC1C1C3CCC(C3)C21.CCC(C)(C)C(=O)OC1C2CC3C(=O)OC1C3O2.CCC(C)(C)C(=O)Oc1ccc(O)cc1.CCC(C)C(=O)O.CCC(C)C(=O)[O-].[Zn+2]. The minimum absolute atomic E-state index is 0. The van der Waals surface area contributed by atoms with Gasteiger partial charge in [-0.15, -0.1) is 0 Å². The van der Waals surface area contributed by atoms with Gasteiger partial charge in [0.05, 0.1) is 34.2 Å². The molecule has 14 atom stereocenters. The second-order valence-corrected chi connectivity index (χ2v) is 22.7. The molecule has 2 N–H and O–H groups in total. The standard InChI is InChI=1S/C20H32O2.C13H18O5.C12H16O3.2C5H10O2.Zn/c1-5-19(3,4)18(21)22-20(6-2)11-14-10-15(20)17-13-8-7-12(9-13)16(14)17;1-4-13(2,3)12(15)18-9-7-5-6-8(16-7)10(9)17-11(6)14;1-4-12(2,3)11(14)15-10-7-5-9(13)6-8-10;2*1-3-4(2)5(6)7;/h12-17H,5-11H2,1-4H3;6-10H,4-5H2,1-3H3;5-8,13H,4H2,1-3H3;2*4H,3H2,1-2H3,(H,6,7);/q;;;;;+2/p-1. The van der Waals surface area contributed by atoms with Crippen molar-refractivity contribution in [2.75, 3.05) is 0 Å². The minimum atomic E-state index is -0.956. The van der Waals surface area contributed by atoms with E-state index in [9.17, 15) is 33.9 Å². The third-order valence-corrected chi connectivity index (χ3v) is 17.2. The molecule has 14 nitrogen and oxygen atoms in total. The van der Waals surface area contributed by atoms with Gasteiger partial charge in [0, 0.05) is 11.9 Å². The van der Waals surface area contributed by atoms with Gasteiger partial charge in [-0.1, -0.05) is 55.4 Å². The predicted molar refractivity (Wildman–Crippen MR) is 257 cm³/mol. The molecule has 7 aliphatic rings. The van der Waals surface area contributed by atoms with E-state index in [-0.39, 0.29) is 90.1 Å². The van der Waals surface area contributed by atoms with Crippen LogP contribution in [0.25, 0.3) is 0 Å². The second-order valence-electron chi connectivity index (χ2n) is 22.7. The van der Waals surface area contributed by atoms with E-state index in [1.807, 2.05) is 69.2 Å². The molecule has 1 aromatic carbocycles. The summed E-state index contributed by atoms with van der Waals surface area (Å²) < 4.78 is 28.0. The van der Waals surface area contributed by atoms with E-state index in [4.69, 9.17) is 33.9 Å². The molecule has 6 bridgehead atoms. The van der Waals surface area contributed by atoms with Crippen molar-refractivity contribution in [1.82, 2.24) is 0 Å². The van der Waals surface area contributed by atoms with Gasteiger partial charge in [-0.3, -0.25) is 24.0 Å². The summed E-state index contributed by atoms with van der Waals surface area (Å²) in [5.74, 6) is 3.03. The van der Waals surface area contributed by atoms with Crippen LogP contribution in [0.15, 0.2) is 24.3 Å². The van der Waals surface area contributed by atoms with Gasteiger partial charge in [0.15, 0.2) is 12.2 Å². The Hall–Kier alpha value is -3.58. The van der Waals surface area contributed by atoms with Crippen LogP contribution >= 0.6 is 0 Å². The van der Waals surface area contributed by atoms with Crippen molar-refractivity contribution in [1.29, 1.82) is 0 Å². The van der Waals surface area contributed by atoms with E-state index in [1.54, 1.807) is 26.0 Å². The summed E-state index contributed by atoms with van der Waals surface area (Å²) in [4.78, 5) is 67.7. The Kier molecular flexibility index (Phi) is 21.6. The molecule has 0 radical (unpaired) electrons. The van der Waals surface area contributed by atoms with Crippen LogP contribution in [0.5, 0.6) is 11.5 Å². The fraction of sp³-hybridized carbons (Fsp3) is 0.782. The van der Waals surface area contributed by atoms with Crippen molar-refractivity contribution in [3.05, 3.63) is 24.3 Å². The first kappa shape index (κ1) is 60.7. The van der Waals surface area contributed by atoms with Crippen molar-refractivity contribution in [2.45, 2.75) is 204 Å². The third-order valence-electron chi connectivity index (χ3n) is 17.2. The Balaban J connectivity index is 0.000000246. The number of benzene rings is 1. The maximum Gasteiger partial charge on any atom is 2.00 e. The predicted octanol–water partition coefficient (Wildman–Crippen LogP) is 9.49. The molecule has 1 aromatic rings. The fourth-order valence-corrected chi connectivity index (χ4v) is 10.8. The van der Waals surface area contributed by atoms with Crippen LogP contribution in [0.1, 0.15) is 174 Å². The largest absolute Gasteiger partial charge is 2.00 e. The summed E-state index contributed by atoms with van der Waals surface area (Å²) in [7, 11) is 0. The summed E-state index contributed by atoms with van der Waals surface area (Å²) in [6, 6.07) is 6.11. The molecule has 70 heavy (non-hydrogen) atoms. The number of carboxylic acids is 2. The van der Waals surface area contributed by atoms with Crippen LogP contribution in [0.4, 0.5) is 0 Å². The Morgan fingerprint density at radius 2 is 1.27 bits per heavy atom. The summed E-state index contributed by atoms with van der Waals surface area (Å²) in [5.41, 5.74) is -1.44. The smallest absolute Gasteiger partial charge is 0.550 e. The molecule has 7 fully saturated rings. The van der Waals surface area contributed by atoms with Crippen molar-refractivity contribution in [3.63, 3.8) is 0 Å². The van der Waals surface area contributed by atoms with Crippen LogP contribution in [0.2, 0.25) is 0 Å². The van der Waals surface area contributed by atoms with Crippen molar-refractivity contribution in [2.24, 2.45) is 69.5 Å². The number of ether oxygens (including phenoxy) is 5. The number of rotatable bonds is 14. The second kappa shape index (κ2) is 24.9. The maximum atomic E-state index is 12.7. The topological polar surface area (TPSA) is 212 Å². The fourth-order valence-electron chi connectivity index (χ4n) is 10.8. The summed E-state index contributed by atoms with van der Waals surface area (Å²) in [6.07, 6.45) is 11.0. The summed E-state index contributed by atoms with van der Waals surface area (Å²) >= 11 is 0.